The van der Waals surface area contributed by atoms with E-state index >= 15 is 0 Å². The van der Waals surface area contributed by atoms with Gasteiger partial charge in [-0.05, 0) is 52.9 Å². The molecule has 1 amide bonds. The molecule has 0 aliphatic carbocycles. The summed E-state index contributed by atoms with van der Waals surface area (Å²) in [5, 5.41) is 0.352. The highest BCUT2D eigenvalue weighted by Crippen LogP contribution is 2.33. The summed E-state index contributed by atoms with van der Waals surface area (Å²) < 4.78 is 60.2. The number of nitrogens with zero attached hydrogens (tertiary/aromatic N) is 1. The predicted octanol–water partition coefficient (Wildman–Crippen LogP) is 7.63. The first-order valence-corrected chi connectivity index (χ1v) is 13.9. The Hall–Kier alpha value is -3.88. The summed E-state index contributed by atoms with van der Waals surface area (Å²) in [6, 6.07) is 28.0. The SMILES string of the molecule is NC(=O)Cc1ccc(OCCCN(Cc2ccc(F)c(C(F)(F)F)c2)CC(c2ccccc2)c2ccccc2)c(Cl)c1. The third kappa shape index (κ3) is 8.81. The van der Waals surface area contributed by atoms with Gasteiger partial charge in [0.2, 0.25) is 5.91 Å². The molecule has 0 aliphatic heterocycles. The molecule has 0 aromatic heterocycles. The van der Waals surface area contributed by atoms with Gasteiger partial charge in [0.05, 0.1) is 23.6 Å². The molecule has 220 valence electrons. The quantitative estimate of drug-likeness (QED) is 0.127. The maximum absolute atomic E-state index is 14.0. The number of alkyl halides is 3. The van der Waals surface area contributed by atoms with Crippen LogP contribution in [-0.4, -0.2) is 30.5 Å². The van der Waals surface area contributed by atoms with E-state index in [1.165, 1.54) is 6.07 Å². The molecule has 0 radical (unpaired) electrons. The second-order valence-corrected chi connectivity index (χ2v) is 10.4. The fourth-order valence-corrected chi connectivity index (χ4v) is 5.11. The first-order chi connectivity index (χ1) is 20.1. The van der Waals surface area contributed by atoms with Crippen molar-refractivity contribution in [2.24, 2.45) is 5.73 Å². The topological polar surface area (TPSA) is 55.6 Å². The number of benzene rings is 4. The number of primary amides is 1. The number of nitrogens with two attached hydrogens (primary N) is 1. The highest BCUT2D eigenvalue weighted by Gasteiger charge is 2.34. The van der Waals surface area contributed by atoms with E-state index in [4.69, 9.17) is 22.1 Å². The van der Waals surface area contributed by atoms with Crippen molar-refractivity contribution in [1.29, 1.82) is 0 Å². The van der Waals surface area contributed by atoms with Crippen LogP contribution in [0.25, 0.3) is 0 Å². The van der Waals surface area contributed by atoms with Gasteiger partial charge in [0.25, 0.3) is 0 Å². The van der Waals surface area contributed by atoms with Crippen LogP contribution in [0.5, 0.6) is 5.75 Å². The van der Waals surface area contributed by atoms with Gasteiger partial charge in [-0.2, -0.15) is 13.2 Å². The average molecular weight is 599 g/mol. The van der Waals surface area contributed by atoms with Crippen molar-refractivity contribution in [2.75, 3.05) is 19.7 Å². The Bertz CT molecular complexity index is 1430. The first-order valence-electron chi connectivity index (χ1n) is 13.5. The molecule has 4 nitrogen and oxygen atoms in total. The molecule has 4 rings (SSSR count). The molecule has 0 saturated carbocycles. The van der Waals surface area contributed by atoms with Gasteiger partial charge in [-0.3, -0.25) is 9.69 Å². The monoisotopic (exact) mass is 598 g/mol. The molecule has 9 heteroatoms. The molecule has 0 spiro atoms. The van der Waals surface area contributed by atoms with Crippen LogP contribution in [-0.2, 0) is 23.9 Å². The second kappa shape index (κ2) is 14.3. The minimum atomic E-state index is -4.79. The third-order valence-corrected chi connectivity index (χ3v) is 7.13. The summed E-state index contributed by atoms with van der Waals surface area (Å²) in [5.74, 6) is -1.36. The highest BCUT2D eigenvalue weighted by atomic mass is 35.5. The minimum Gasteiger partial charge on any atom is -0.492 e. The lowest BCUT2D eigenvalue weighted by Gasteiger charge is -2.29. The summed E-state index contributed by atoms with van der Waals surface area (Å²) in [4.78, 5) is 13.2. The summed E-state index contributed by atoms with van der Waals surface area (Å²) in [7, 11) is 0. The van der Waals surface area contributed by atoms with E-state index in [1.807, 2.05) is 60.7 Å². The van der Waals surface area contributed by atoms with E-state index in [0.717, 1.165) is 23.3 Å². The van der Waals surface area contributed by atoms with Crippen LogP contribution in [0.2, 0.25) is 5.02 Å². The number of ether oxygens (including phenoxy) is 1. The number of rotatable bonds is 13. The molecule has 42 heavy (non-hydrogen) atoms. The number of hydrogen-bond acceptors (Lipinski definition) is 3. The molecule has 0 aliphatic rings. The lowest BCUT2D eigenvalue weighted by atomic mass is 9.90. The van der Waals surface area contributed by atoms with Gasteiger partial charge >= 0.3 is 6.18 Å². The molecule has 2 N–H and O–H groups in total. The molecule has 0 unspecified atom stereocenters. The molecule has 0 saturated heterocycles. The number of amides is 1. The van der Waals surface area contributed by atoms with Gasteiger partial charge < -0.3 is 10.5 Å². The molecule has 0 fully saturated rings. The van der Waals surface area contributed by atoms with Gasteiger partial charge in [-0.15, -0.1) is 0 Å². The van der Waals surface area contributed by atoms with Crippen LogP contribution in [0, 0.1) is 5.82 Å². The van der Waals surface area contributed by atoms with Crippen molar-refractivity contribution in [3.8, 4) is 5.75 Å². The Morgan fingerprint density at radius 3 is 2.07 bits per heavy atom. The lowest BCUT2D eigenvalue weighted by Crippen LogP contribution is -2.31. The molecular weight excluding hydrogens is 568 g/mol. The molecule has 0 heterocycles. The molecule has 0 atom stereocenters. The Morgan fingerprint density at radius 1 is 0.881 bits per heavy atom. The van der Waals surface area contributed by atoms with Gasteiger partial charge in [-0.25, -0.2) is 4.39 Å². The summed E-state index contributed by atoms with van der Waals surface area (Å²) in [5.41, 5.74) is 7.15. The number of carbonyl (C=O) groups is 1. The smallest absolute Gasteiger partial charge is 0.419 e. The Kier molecular flexibility index (Phi) is 10.6. The van der Waals surface area contributed by atoms with E-state index in [-0.39, 0.29) is 18.9 Å². The average Bonchev–Trinajstić information content (AvgIpc) is 2.95. The third-order valence-electron chi connectivity index (χ3n) is 6.84. The van der Waals surface area contributed by atoms with Gasteiger partial charge in [0.15, 0.2) is 0 Å². The van der Waals surface area contributed by atoms with Crippen LogP contribution in [0.3, 0.4) is 0 Å². The molecular formula is C33H31ClF4N2O2. The summed E-state index contributed by atoms with van der Waals surface area (Å²) in [6.45, 7) is 1.48. The number of halogens is 5. The van der Waals surface area contributed by atoms with Crippen molar-refractivity contribution in [3.63, 3.8) is 0 Å². The molecule has 4 aromatic carbocycles. The Balaban J connectivity index is 1.53. The second-order valence-electron chi connectivity index (χ2n) is 10.0. The van der Waals surface area contributed by atoms with Crippen molar-refractivity contribution in [3.05, 3.63) is 136 Å². The maximum Gasteiger partial charge on any atom is 0.419 e. The Labute approximate surface area is 247 Å². The van der Waals surface area contributed by atoms with E-state index in [9.17, 15) is 22.4 Å². The van der Waals surface area contributed by atoms with Crippen molar-refractivity contribution in [2.45, 2.75) is 31.5 Å². The van der Waals surface area contributed by atoms with Crippen LogP contribution in [0.4, 0.5) is 17.6 Å². The van der Waals surface area contributed by atoms with Crippen molar-refractivity contribution in [1.82, 2.24) is 4.90 Å². The molecule has 0 bridgehead atoms. The van der Waals surface area contributed by atoms with E-state index in [2.05, 4.69) is 4.90 Å². The fourth-order valence-electron chi connectivity index (χ4n) is 4.86. The van der Waals surface area contributed by atoms with Crippen LogP contribution < -0.4 is 10.5 Å². The van der Waals surface area contributed by atoms with Gasteiger partial charge in [-0.1, -0.05) is 84.4 Å². The first kappa shape index (κ1) is 31.1. The van der Waals surface area contributed by atoms with Crippen LogP contribution in [0.1, 0.15) is 40.2 Å². The zero-order chi connectivity index (χ0) is 30.1. The maximum atomic E-state index is 14.0. The zero-order valence-corrected chi connectivity index (χ0v) is 23.5. The number of carbonyl (C=O) groups excluding carboxylic acids is 1. The standard InChI is InChI=1S/C33H31ClF4N2O2/c34-29-19-23(20-32(39)41)13-15-31(29)42-17-7-16-40(21-24-12-14-30(35)28(18-24)33(36,37)38)22-27(25-8-3-1-4-9-25)26-10-5-2-6-11-26/h1-6,8-15,18-19,27H,7,16-17,20-22H2,(H2,39,41). The van der Waals surface area contributed by atoms with Gasteiger partial charge in [0.1, 0.15) is 11.6 Å². The normalized spacial score (nSPS) is 11.7. The summed E-state index contributed by atoms with van der Waals surface area (Å²) in [6.07, 6.45) is -4.18. The van der Waals surface area contributed by atoms with Crippen molar-refractivity contribution < 1.29 is 27.1 Å². The lowest BCUT2D eigenvalue weighted by molar-refractivity contribution is -0.140. The summed E-state index contributed by atoms with van der Waals surface area (Å²) >= 11 is 6.32. The van der Waals surface area contributed by atoms with E-state index in [1.54, 1.807) is 18.2 Å². The van der Waals surface area contributed by atoms with Crippen LogP contribution in [0.15, 0.2) is 97.1 Å². The van der Waals surface area contributed by atoms with E-state index in [0.29, 0.717) is 48.0 Å². The largest absolute Gasteiger partial charge is 0.492 e. The van der Waals surface area contributed by atoms with E-state index < -0.39 is 23.5 Å². The zero-order valence-electron chi connectivity index (χ0n) is 22.8. The predicted molar refractivity (Wildman–Crippen MR) is 156 cm³/mol. The number of hydrogen-bond donors (Lipinski definition) is 1. The fraction of sp³-hybridized carbons (Fsp3) is 0.242. The Morgan fingerprint density at radius 2 is 1.50 bits per heavy atom. The van der Waals surface area contributed by atoms with Crippen molar-refractivity contribution >= 4 is 17.5 Å². The van der Waals surface area contributed by atoms with Crippen LogP contribution >= 0.6 is 11.6 Å². The molecule has 4 aromatic rings. The van der Waals surface area contributed by atoms with Gasteiger partial charge in [0, 0.05) is 25.6 Å². The minimum absolute atomic E-state index is 0.0527. The highest BCUT2D eigenvalue weighted by molar-refractivity contribution is 6.32.